The molecule has 1 saturated carbocycles. The number of fused-ring (bicyclic) bond motifs is 1. The van der Waals surface area contributed by atoms with Crippen LogP contribution >= 0.6 is 11.6 Å². The van der Waals surface area contributed by atoms with E-state index in [1.165, 1.54) is 0 Å². The Balaban J connectivity index is 1.31. The Labute approximate surface area is 209 Å². The molecule has 1 unspecified atom stereocenters. The van der Waals surface area contributed by atoms with Gasteiger partial charge in [-0.3, -0.25) is 9.59 Å². The van der Waals surface area contributed by atoms with Crippen molar-refractivity contribution in [1.82, 2.24) is 10.3 Å². The monoisotopic (exact) mass is 502 g/mol. The summed E-state index contributed by atoms with van der Waals surface area (Å²) in [5.74, 6) is 0.529. The number of carbonyl (C=O) groups excluding carboxylic acids is 1. The standard InChI is InChI=1S/C26H31ClN2O6/c1-14-10-15(2)29-25(31)19(14)12-28-24(30)18-11-20(27)23-22(16(18)3)35-21(13-32-23)17-4-6-26(7-5-17)33-8-9-34-26/h10-11,17,21H,4-9,12-13H2,1-3H3,(H,28,30)(H,29,31). The van der Waals surface area contributed by atoms with Gasteiger partial charge >= 0.3 is 0 Å². The quantitative estimate of drug-likeness (QED) is 0.656. The van der Waals surface area contributed by atoms with Crippen LogP contribution in [0.15, 0.2) is 16.9 Å². The maximum atomic E-state index is 13.1. The molecule has 0 radical (unpaired) electrons. The highest BCUT2D eigenvalue weighted by atomic mass is 35.5. The second-order valence-electron chi connectivity index (χ2n) is 9.73. The van der Waals surface area contributed by atoms with E-state index < -0.39 is 5.79 Å². The Bertz CT molecular complexity index is 1190. The van der Waals surface area contributed by atoms with Crippen molar-refractivity contribution in [2.45, 2.75) is 64.9 Å². The topological polar surface area (TPSA) is 98.9 Å². The Morgan fingerprint density at radius 3 is 2.54 bits per heavy atom. The van der Waals surface area contributed by atoms with Gasteiger partial charge in [0.2, 0.25) is 0 Å². The minimum Gasteiger partial charge on any atom is -0.484 e. The van der Waals surface area contributed by atoms with Crippen molar-refractivity contribution in [2.24, 2.45) is 5.92 Å². The normalized spacial score (nSPS) is 21.3. The van der Waals surface area contributed by atoms with Gasteiger partial charge in [-0.15, -0.1) is 0 Å². The Kier molecular flexibility index (Phi) is 6.55. The SMILES string of the molecule is Cc1cc(C)c(CNC(=O)c2cc(Cl)c3c(c2C)OC(C2CCC4(CC2)OCCO4)CO3)c(=O)[nH]1. The summed E-state index contributed by atoms with van der Waals surface area (Å²) in [5, 5.41) is 3.18. The van der Waals surface area contributed by atoms with Crippen molar-refractivity contribution in [3.8, 4) is 11.5 Å². The lowest BCUT2D eigenvalue weighted by Crippen LogP contribution is -2.43. The molecular formula is C26H31ClN2O6. The zero-order valence-corrected chi connectivity index (χ0v) is 21.0. The number of nitrogens with one attached hydrogen (secondary N) is 2. The minimum atomic E-state index is -0.425. The molecule has 1 saturated heterocycles. The maximum absolute atomic E-state index is 13.1. The van der Waals surface area contributed by atoms with Crippen LogP contribution in [0.3, 0.4) is 0 Å². The smallest absolute Gasteiger partial charge is 0.253 e. The van der Waals surface area contributed by atoms with Crippen LogP contribution in [0, 0.1) is 26.7 Å². The lowest BCUT2D eigenvalue weighted by atomic mass is 9.81. The zero-order chi connectivity index (χ0) is 24.7. The van der Waals surface area contributed by atoms with Crippen molar-refractivity contribution in [2.75, 3.05) is 19.8 Å². The second-order valence-corrected chi connectivity index (χ2v) is 10.1. The van der Waals surface area contributed by atoms with E-state index in [9.17, 15) is 9.59 Å². The van der Waals surface area contributed by atoms with Crippen LogP contribution in [0.5, 0.6) is 11.5 Å². The molecule has 9 heteroatoms. The predicted molar refractivity (Wildman–Crippen MR) is 130 cm³/mol. The molecule has 35 heavy (non-hydrogen) atoms. The van der Waals surface area contributed by atoms with Gasteiger partial charge in [0.25, 0.3) is 11.5 Å². The lowest BCUT2D eigenvalue weighted by molar-refractivity contribution is -0.187. The lowest BCUT2D eigenvalue weighted by Gasteiger charge is -2.40. The first-order valence-corrected chi connectivity index (χ1v) is 12.5. The number of hydrogen-bond donors (Lipinski definition) is 2. The summed E-state index contributed by atoms with van der Waals surface area (Å²) in [6.07, 6.45) is 3.37. The highest BCUT2D eigenvalue weighted by Gasteiger charge is 2.43. The molecule has 2 fully saturated rings. The van der Waals surface area contributed by atoms with Gasteiger partial charge in [-0.05, 0) is 57.2 Å². The molecule has 1 atom stereocenters. The summed E-state index contributed by atoms with van der Waals surface area (Å²) in [5.41, 5.74) is 2.99. The summed E-state index contributed by atoms with van der Waals surface area (Å²) >= 11 is 6.49. The number of ether oxygens (including phenoxy) is 4. The molecule has 1 aliphatic carbocycles. The number of benzene rings is 1. The number of halogens is 1. The molecule has 2 aromatic rings. The molecule has 8 nitrogen and oxygen atoms in total. The first-order valence-electron chi connectivity index (χ1n) is 12.1. The number of carbonyl (C=O) groups is 1. The average Bonchev–Trinajstić information content (AvgIpc) is 3.28. The molecule has 3 aliphatic rings. The van der Waals surface area contributed by atoms with Crippen LogP contribution in [0.25, 0.3) is 0 Å². The van der Waals surface area contributed by atoms with E-state index >= 15 is 0 Å². The summed E-state index contributed by atoms with van der Waals surface area (Å²) in [7, 11) is 0. The molecule has 0 bridgehead atoms. The van der Waals surface area contributed by atoms with Crippen molar-refractivity contribution in [1.29, 1.82) is 0 Å². The van der Waals surface area contributed by atoms with Crippen LogP contribution in [0.1, 0.15) is 58.4 Å². The molecule has 1 aromatic heterocycles. The summed E-state index contributed by atoms with van der Waals surface area (Å²) in [6, 6.07) is 3.48. The molecule has 1 aromatic carbocycles. The predicted octanol–water partition coefficient (Wildman–Crippen LogP) is 3.96. The van der Waals surface area contributed by atoms with Gasteiger partial charge < -0.3 is 29.2 Å². The number of pyridine rings is 1. The van der Waals surface area contributed by atoms with E-state index in [1.54, 1.807) is 6.07 Å². The van der Waals surface area contributed by atoms with E-state index in [0.717, 1.165) is 36.9 Å². The summed E-state index contributed by atoms with van der Waals surface area (Å²) in [6.45, 7) is 7.34. The zero-order valence-electron chi connectivity index (χ0n) is 20.3. The van der Waals surface area contributed by atoms with E-state index in [1.807, 2.05) is 26.8 Å². The fourth-order valence-corrected chi connectivity index (χ4v) is 5.65. The average molecular weight is 503 g/mol. The number of H-pyrrole nitrogens is 1. The van der Waals surface area contributed by atoms with Crippen LogP contribution in [-0.4, -0.2) is 42.6 Å². The largest absolute Gasteiger partial charge is 0.484 e. The third-order valence-electron chi connectivity index (χ3n) is 7.40. The van der Waals surface area contributed by atoms with Gasteiger partial charge in [-0.2, -0.15) is 0 Å². The van der Waals surface area contributed by atoms with Crippen molar-refractivity contribution in [3.63, 3.8) is 0 Å². The minimum absolute atomic E-state index is 0.113. The first kappa shape index (κ1) is 24.2. The van der Waals surface area contributed by atoms with E-state index in [-0.39, 0.29) is 24.1 Å². The van der Waals surface area contributed by atoms with Crippen LogP contribution in [0.2, 0.25) is 5.02 Å². The number of aromatic nitrogens is 1. The van der Waals surface area contributed by atoms with Gasteiger partial charge in [0.1, 0.15) is 12.7 Å². The molecule has 188 valence electrons. The van der Waals surface area contributed by atoms with Gasteiger partial charge in [0.15, 0.2) is 17.3 Å². The van der Waals surface area contributed by atoms with Crippen LogP contribution in [0.4, 0.5) is 0 Å². The number of aryl methyl sites for hydroxylation is 2. The molecular weight excluding hydrogens is 472 g/mol. The summed E-state index contributed by atoms with van der Waals surface area (Å²) < 4.78 is 24.1. The van der Waals surface area contributed by atoms with Gasteiger partial charge in [-0.25, -0.2) is 0 Å². The van der Waals surface area contributed by atoms with Gasteiger partial charge in [-0.1, -0.05) is 11.6 Å². The highest BCUT2D eigenvalue weighted by Crippen LogP contribution is 2.46. The van der Waals surface area contributed by atoms with E-state index in [4.69, 9.17) is 30.5 Å². The highest BCUT2D eigenvalue weighted by molar-refractivity contribution is 6.32. The maximum Gasteiger partial charge on any atom is 0.253 e. The van der Waals surface area contributed by atoms with Gasteiger partial charge in [0.05, 0.1) is 18.2 Å². The third kappa shape index (κ3) is 4.67. The van der Waals surface area contributed by atoms with Gasteiger partial charge in [0, 0.05) is 41.8 Å². The van der Waals surface area contributed by atoms with Crippen LogP contribution < -0.4 is 20.3 Å². The Hall–Kier alpha value is -2.55. The molecule has 5 rings (SSSR count). The molecule has 3 heterocycles. The van der Waals surface area contributed by atoms with E-state index in [2.05, 4.69) is 10.3 Å². The Morgan fingerprint density at radius 2 is 1.86 bits per heavy atom. The van der Waals surface area contributed by atoms with Crippen molar-refractivity contribution >= 4 is 17.5 Å². The Morgan fingerprint density at radius 1 is 1.14 bits per heavy atom. The number of rotatable bonds is 4. The molecule has 2 N–H and O–H groups in total. The fourth-order valence-electron chi connectivity index (χ4n) is 5.40. The van der Waals surface area contributed by atoms with E-state index in [0.29, 0.717) is 59.0 Å². The first-order chi connectivity index (χ1) is 16.8. The fraction of sp³-hybridized carbons (Fsp3) is 0.538. The van der Waals surface area contributed by atoms with Crippen molar-refractivity contribution < 1.29 is 23.7 Å². The molecule has 2 aliphatic heterocycles. The molecule has 1 amide bonds. The number of aromatic amines is 1. The van der Waals surface area contributed by atoms with Crippen LogP contribution in [-0.2, 0) is 16.0 Å². The number of amides is 1. The number of hydrogen-bond acceptors (Lipinski definition) is 6. The summed E-state index contributed by atoms with van der Waals surface area (Å²) in [4.78, 5) is 28.2. The third-order valence-corrected chi connectivity index (χ3v) is 7.68. The molecule has 1 spiro atoms. The van der Waals surface area contributed by atoms with Crippen molar-refractivity contribution in [3.05, 3.63) is 55.5 Å². The second kappa shape index (κ2) is 9.48.